The van der Waals surface area contributed by atoms with Crippen molar-refractivity contribution < 1.29 is 14.3 Å². The summed E-state index contributed by atoms with van der Waals surface area (Å²) in [5.41, 5.74) is 0.959. The highest BCUT2D eigenvalue weighted by Gasteiger charge is 2.31. The van der Waals surface area contributed by atoms with Crippen molar-refractivity contribution in [2.45, 2.75) is 19.4 Å². The summed E-state index contributed by atoms with van der Waals surface area (Å²) in [5.74, 6) is 0.280. The number of fused-ring (bicyclic) bond motifs is 1. The molecule has 3 nitrogen and oxygen atoms in total. The first-order chi connectivity index (χ1) is 7.22. The normalized spacial score (nSPS) is 18.1. The van der Waals surface area contributed by atoms with E-state index in [1.807, 2.05) is 12.1 Å². The smallest absolute Gasteiger partial charge is 0.347 e. The molecule has 0 unspecified atom stereocenters. The molecule has 1 heterocycles. The van der Waals surface area contributed by atoms with Crippen LogP contribution in [0.2, 0.25) is 5.02 Å². The van der Waals surface area contributed by atoms with Crippen LogP contribution in [0.25, 0.3) is 0 Å². The van der Waals surface area contributed by atoms with Crippen LogP contribution in [0, 0.1) is 0 Å². The first-order valence-corrected chi connectivity index (χ1v) is 5.21. The second-order valence-corrected chi connectivity index (χ2v) is 3.70. The first kappa shape index (κ1) is 10.3. The summed E-state index contributed by atoms with van der Waals surface area (Å²) in [6.45, 7) is 2.13. The third-order valence-corrected chi connectivity index (χ3v) is 2.56. The maximum atomic E-state index is 11.4. The van der Waals surface area contributed by atoms with Crippen LogP contribution in [0.15, 0.2) is 18.2 Å². The Morgan fingerprint density at radius 1 is 1.67 bits per heavy atom. The fraction of sp³-hybridized carbons (Fsp3) is 0.364. The van der Waals surface area contributed by atoms with Crippen molar-refractivity contribution in [1.82, 2.24) is 0 Å². The fourth-order valence-electron chi connectivity index (χ4n) is 1.60. The molecule has 0 amide bonds. The highest BCUT2D eigenvalue weighted by molar-refractivity contribution is 6.32. The van der Waals surface area contributed by atoms with E-state index < -0.39 is 6.10 Å². The second-order valence-electron chi connectivity index (χ2n) is 3.29. The van der Waals surface area contributed by atoms with Crippen molar-refractivity contribution in [1.29, 1.82) is 0 Å². The summed E-state index contributed by atoms with van der Waals surface area (Å²) in [6.07, 6.45) is -0.00537. The SMILES string of the molecule is CCOC(=O)[C@H]1Cc2cccc(Cl)c2O1. The molecular weight excluding hydrogens is 216 g/mol. The van der Waals surface area contributed by atoms with Gasteiger partial charge in [-0.15, -0.1) is 0 Å². The Morgan fingerprint density at radius 3 is 3.13 bits per heavy atom. The maximum absolute atomic E-state index is 11.4. The molecule has 0 radical (unpaired) electrons. The van der Waals surface area contributed by atoms with Gasteiger partial charge in [0.1, 0.15) is 5.75 Å². The van der Waals surface area contributed by atoms with Crippen molar-refractivity contribution >= 4 is 17.6 Å². The molecule has 15 heavy (non-hydrogen) atoms. The van der Waals surface area contributed by atoms with Gasteiger partial charge in [0.05, 0.1) is 11.6 Å². The van der Waals surface area contributed by atoms with E-state index in [2.05, 4.69) is 0 Å². The lowest BCUT2D eigenvalue weighted by atomic mass is 10.1. The molecule has 0 saturated carbocycles. The van der Waals surface area contributed by atoms with E-state index in [-0.39, 0.29) is 5.97 Å². The predicted molar refractivity (Wildman–Crippen MR) is 56.2 cm³/mol. The van der Waals surface area contributed by atoms with E-state index in [9.17, 15) is 4.79 Å². The van der Waals surface area contributed by atoms with Gasteiger partial charge in [-0.3, -0.25) is 0 Å². The zero-order chi connectivity index (χ0) is 10.8. The minimum absolute atomic E-state index is 0.329. The van der Waals surface area contributed by atoms with Crippen LogP contribution in [-0.4, -0.2) is 18.7 Å². The number of para-hydroxylation sites is 1. The second kappa shape index (κ2) is 4.11. The molecule has 0 aliphatic carbocycles. The monoisotopic (exact) mass is 226 g/mol. The summed E-state index contributed by atoms with van der Waals surface area (Å²) >= 11 is 5.94. The van der Waals surface area contributed by atoms with Gasteiger partial charge in [-0.05, 0) is 13.0 Å². The number of halogens is 1. The fourth-order valence-corrected chi connectivity index (χ4v) is 1.84. The third kappa shape index (κ3) is 1.92. The largest absolute Gasteiger partial charge is 0.477 e. The minimum Gasteiger partial charge on any atom is -0.477 e. The number of benzene rings is 1. The third-order valence-electron chi connectivity index (χ3n) is 2.26. The van der Waals surface area contributed by atoms with Gasteiger partial charge in [0.25, 0.3) is 0 Å². The lowest BCUT2D eigenvalue weighted by Crippen LogP contribution is -2.27. The lowest BCUT2D eigenvalue weighted by Gasteiger charge is -2.09. The molecule has 1 atom stereocenters. The zero-order valence-corrected chi connectivity index (χ0v) is 9.08. The Morgan fingerprint density at radius 2 is 2.47 bits per heavy atom. The Labute approximate surface area is 92.9 Å². The molecule has 1 aliphatic heterocycles. The molecule has 0 aromatic heterocycles. The van der Waals surface area contributed by atoms with Crippen LogP contribution >= 0.6 is 11.6 Å². The van der Waals surface area contributed by atoms with E-state index in [1.54, 1.807) is 13.0 Å². The topological polar surface area (TPSA) is 35.5 Å². The molecule has 4 heteroatoms. The highest BCUT2D eigenvalue weighted by atomic mass is 35.5. The molecule has 1 aromatic carbocycles. The Hall–Kier alpha value is -1.22. The Bertz CT molecular complexity index is 389. The van der Waals surface area contributed by atoms with Crippen LogP contribution in [0.3, 0.4) is 0 Å². The lowest BCUT2D eigenvalue weighted by molar-refractivity contribution is -0.150. The number of rotatable bonds is 2. The van der Waals surface area contributed by atoms with Crippen molar-refractivity contribution in [3.63, 3.8) is 0 Å². The summed E-state index contributed by atoms with van der Waals surface area (Å²) in [7, 11) is 0. The van der Waals surface area contributed by atoms with Crippen molar-refractivity contribution in [2.75, 3.05) is 6.61 Å². The summed E-state index contributed by atoms with van der Waals surface area (Å²) in [4.78, 5) is 11.4. The molecule has 80 valence electrons. The maximum Gasteiger partial charge on any atom is 0.347 e. The number of esters is 1. The number of hydrogen-bond acceptors (Lipinski definition) is 3. The van der Waals surface area contributed by atoms with Crippen LogP contribution in [0.1, 0.15) is 12.5 Å². The summed E-state index contributed by atoms with van der Waals surface area (Å²) in [5, 5.41) is 0.541. The summed E-state index contributed by atoms with van der Waals surface area (Å²) in [6, 6.07) is 5.49. The van der Waals surface area contributed by atoms with E-state index in [0.717, 1.165) is 5.56 Å². The van der Waals surface area contributed by atoms with E-state index in [1.165, 1.54) is 0 Å². The number of hydrogen-bond donors (Lipinski definition) is 0. The molecule has 0 saturated heterocycles. The van der Waals surface area contributed by atoms with Crippen molar-refractivity contribution in [3.8, 4) is 5.75 Å². The van der Waals surface area contributed by atoms with Gasteiger partial charge in [0, 0.05) is 12.0 Å². The van der Waals surface area contributed by atoms with Crippen LogP contribution < -0.4 is 4.74 Å². The average Bonchev–Trinajstić information content (AvgIpc) is 2.63. The van der Waals surface area contributed by atoms with Crippen molar-refractivity contribution in [2.24, 2.45) is 0 Å². The number of carbonyl (C=O) groups excluding carboxylic acids is 1. The van der Waals surface area contributed by atoms with Gasteiger partial charge >= 0.3 is 5.97 Å². The standard InChI is InChI=1S/C11H11ClO3/c1-2-14-11(13)9-6-7-4-3-5-8(12)10(7)15-9/h3-5,9H,2,6H2,1H3/t9-/m1/s1. The van der Waals surface area contributed by atoms with Gasteiger partial charge in [-0.2, -0.15) is 0 Å². The number of carbonyl (C=O) groups is 1. The highest BCUT2D eigenvalue weighted by Crippen LogP contribution is 2.35. The first-order valence-electron chi connectivity index (χ1n) is 4.83. The van der Waals surface area contributed by atoms with E-state index in [0.29, 0.717) is 23.8 Å². The Kier molecular flexibility index (Phi) is 2.82. The van der Waals surface area contributed by atoms with E-state index in [4.69, 9.17) is 21.1 Å². The molecule has 0 fully saturated rings. The van der Waals surface area contributed by atoms with Gasteiger partial charge in [0.2, 0.25) is 0 Å². The molecular formula is C11H11ClO3. The zero-order valence-electron chi connectivity index (χ0n) is 8.33. The van der Waals surface area contributed by atoms with E-state index >= 15 is 0 Å². The van der Waals surface area contributed by atoms with Crippen LogP contribution in [-0.2, 0) is 16.0 Å². The molecule has 0 bridgehead atoms. The molecule has 0 spiro atoms. The van der Waals surface area contributed by atoms with Gasteiger partial charge < -0.3 is 9.47 Å². The minimum atomic E-state index is -0.542. The van der Waals surface area contributed by atoms with Gasteiger partial charge in [0.15, 0.2) is 6.10 Å². The van der Waals surface area contributed by atoms with Gasteiger partial charge in [-0.1, -0.05) is 23.7 Å². The molecule has 1 aliphatic rings. The number of ether oxygens (including phenoxy) is 2. The quantitative estimate of drug-likeness (QED) is 0.726. The Balaban J connectivity index is 2.15. The van der Waals surface area contributed by atoms with Gasteiger partial charge in [-0.25, -0.2) is 4.79 Å². The summed E-state index contributed by atoms with van der Waals surface area (Å²) < 4.78 is 10.3. The molecule has 1 aromatic rings. The van der Waals surface area contributed by atoms with Crippen molar-refractivity contribution in [3.05, 3.63) is 28.8 Å². The average molecular weight is 227 g/mol. The predicted octanol–water partition coefficient (Wildman–Crippen LogP) is 2.21. The van der Waals surface area contributed by atoms with Crippen LogP contribution in [0.5, 0.6) is 5.75 Å². The molecule has 2 rings (SSSR count). The molecule has 0 N–H and O–H groups in total. The van der Waals surface area contributed by atoms with Crippen LogP contribution in [0.4, 0.5) is 0 Å².